The van der Waals surface area contributed by atoms with E-state index in [2.05, 4.69) is 26.2 Å². The monoisotopic (exact) mass is 310 g/mol. The van der Waals surface area contributed by atoms with Gasteiger partial charge in [-0.1, -0.05) is 0 Å². The molecule has 94 valence electrons. The quantitative estimate of drug-likeness (QED) is 0.929. The second-order valence-corrected chi connectivity index (χ2v) is 4.56. The Morgan fingerprint density at radius 3 is 2.78 bits per heavy atom. The van der Waals surface area contributed by atoms with Crippen LogP contribution in [0.1, 0.15) is 5.56 Å². The molecule has 0 bridgehead atoms. The molecule has 0 atom stereocenters. The van der Waals surface area contributed by atoms with Crippen LogP contribution in [-0.4, -0.2) is 12.1 Å². The standard InChI is InChI=1S/C13H12BrFN2O/c1-8-5-6-16-13(12(8)14)17-9-3-4-11(18-2)10(15)7-9/h3-7H,1-2H3,(H,16,17). The molecule has 2 aromatic rings. The molecular formula is C13H12BrFN2O. The fraction of sp³-hybridized carbons (Fsp3) is 0.154. The van der Waals surface area contributed by atoms with Crippen molar-refractivity contribution in [1.29, 1.82) is 0 Å². The van der Waals surface area contributed by atoms with Gasteiger partial charge in [0.15, 0.2) is 11.6 Å². The second kappa shape index (κ2) is 5.35. The number of nitrogens with zero attached hydrogens (tertiary/aromatic N) is 1. The van der Waals surface area contributed by atoms with Crippen LogP contribution < -0.4 is 10.1 Å². The van der Waals surface area contributed by atoms with E-state index in [4.69, 9.17) is 4.74 Å². The average molecular weight is 311 g/mol. The van der Waals surface area contributed by atoms with E-state index in [0.29, 0.717) is 11.5 Å². The summed E-state index contributed by atoms with van der Waals surface area (Å²) < 4.78 is 19.3. The largest absolute Gasteiger partial charge is 0.494 e. The van der Waals surface area contributed by atoms with Gasteiger partial charge in [0, 0.05) is 18.0 Å². The highest BCUT2D eigenvalue weighted by molar-refractivity contribution is 9.10. The molecule has 1 heterocycles. The lowest BCUT2D eigenvalue weighted by molar-refractivity contribution is 0.386. The minimum Gasteiger partial charge on any atom is -0.494 e. The zero-order valence-corrected chi connectivity index (χ0v) is 11.6. The van der Waals surface area contributed by atoms with Gasteiger partial charge in [-0.2, -0.15) is 0 Å². The van der Waals surface area contributed by atoms with Gasteiger partial charge in [0.2, 0.25) is 0 Å². The van der Waals surface area contributed by atoms with Crippen molar-refractivity contribution in [2.24, 2.45) is 0 Å². The van der Waals surface area contributed by atoms with E-state index in [0.717, 1.165) is 10.0 Å². The summed E-state index contributed by atoms with van der Waals surface area (Å²) in [4.78, 5) is 4.19. The van der Waals surface area contributed by atoms with Gasteiger partial charge >= 0.3 is 0 Å². The molecule has 0 aliphatic carbocycles. The number of ether oxygens (including phenoxy) is 1. The third kappa shape index (κ3) is 2.61. The van der Waals surface area contributed by atoms with E-state index in [1.54, 1.807) is 18.3 Å². The highest BCUT2D eigenvalue weighted by Crippen LogP contribution is 2.28. The van der Waals surface area contributed by atoms with Gasteiger partial charge in [-0.25, -0.2) is 9.37 Å². The number of anilines is 2. The molecule has 0 fully saturated rings. The molecule has 1 aromatic carbocycles. The van der Waals surface area contributed by atoms with Crippen molar-refractivity contribution in [1.82, 2.24) is 4.98 Å². The molecule has 0 aliphatic rings. The zero-order chi connectivity index (χ0) is 13.1. The Balaban J connectivity index is 2.29. The molecule has 3 nitrogen and oxygen atoms in total. The van der Waals surface area contributed by atoms with Crippen LogP contribution in [0.5, 0.6) is 5.75 Å². The number of hydrogen-bond donors (Lipinski definition) is 1. The first-order chi connectivity index (χ1) is 8.61. The van der Waals surface area contributed by atoms with Crippen molar-refractivity contribution in [3.05, 3.63) is 46.3 Å². The molecule has 0 amide bonds. The molecule has 5 heteroatoms. The SMILES string of the molecule is COc1ccc(Nc2nccc(C)c2Br)cc1F. The van der Waals surface area contributed by atoms with Gasteiger partial charge in [-0.05, 0) is 46.6 Å². The third-order valence-electron chi connectivity index (χ3n) is 2.50. The number of pyridine rings is 1. The average Bonchev–Trinajstić information content (AvgIpc) is 2.35. The Labute approximate surface area is 113 Å². The summed E-state index contributed by atoms with van der Waals surface area (Å²) in [6.07, 6.45) is 1.70. The van der Waals surface area contributed by atoms with Crippen molar-refractivity contribution in [3.8, 4) is 5.75 Å². The van der Waals surface area contributed by atoms with Crippen LogP contribution in [-0.2, 0) is 0 Å². The normalized spacial score (nSPS) is 10.2. The van der Waals surface area contributed by atoms with Crippen LogP contribution in [0, 0.1) is 12.7 Å². The minimum absolute atomic E-state index is 0.219. The molecule has 0 radical (unpaired) electrons. The van der Waals surface area contributed by atoms with Gasteiger partial charge < -0.3 is 10.1 Å². The Morgan fingerprint density at radius 1 is 1.33 bits per heavy atom. The van der Waals surface area contributed by atoms with E-state index >= 15 is 0 Å². The number of hydrogen-bond acceptors (Lipinski definition) is 3. The molecule has 0 unspecified atom stereocenters. The smallest absolute Gasteiger partial charge is 0.167 e. The summed E-state index contributed by atoms with van der Waals surface area (Å²) in [6.45, 7) is 1.96. The van der Waals surface area contributed by atoms with Gasteiger partial charge in [-0.3, -0.25) is 0 Å². The van der Waals surface area contributed by atoms with Gasteiger partial charge in [0.25, 0.3) is 0 Å². The first kappa shape index (κ1) is 12.8. The number of methoxy groups -OCH3 is 1. The summed E-state index contributed by atoms with van der Waals surface area (Å²) in [5.74, 6) is 0.461. The van der Waals surface area contributed by atoms with Crippen LogP contribution in [0.3, 0.4) is 0 Å². The zero-order valence-electron chi connectivity index (χ0n) is 10.00. The fourth-order valence-electron chi connectivity index (χ4n) is 1.51. The third-order valence-corrected chi connectivity index (χ3v) is 3.50. The number of benzene rings is 1. The Hall–Kier alpha value is -1.62. The fourth-order valence-corrected chi connectivity index (χ4v) is 1.84. The first-order valence-electron chi connectivity index (χ1n) is 5.33. The van der Waals surface area contributed by atoms with Crippen molar-refractivity contribution < 1.29 is 9.13 Å². The summed E-state index contributed by atoms with van der Waals surface area (Å²) in [5.41, 5.74) is 1.67. The minimum atomic E-state index is -0.411. The molecule has 1 N–H and O–H groups in total. The summed E-state index contributed by atoms with van der Waals surface area (Å²) in [5, 5.41) is 3.05. The molecular weight excluding hydrogens is 299 g/mol. The highest BCUT2D eigenvalue weighted by Gasteiger charge is 2.07. The van der Waals surface area contributed by atoms with Gasteiger partial charge in [0.05, 0.1) is 11.6 Å². The summed E-state index contributed by atoms with van der Waals surface area (Å²) in [7, 11) is 1.43. The first-order valence-corrected chi connectivity index (χ1v) is 6.13. The van der Waals surface area contributed by atoms with Crippen LogP contribution in [0.4, 0.5) is 15.9 Å². The maximum Gasteiger partial charge on any atom is 0.167 e. The van der Waals surface area contributed by atoms with Crippen molar-refractivity contribution in [2.45, 2.75) is 6.92 Å². The molecule has 18 heavy (non-hydrogen) atoms. The van der Waals surface area contributed by atoms with Crippen LogP contribution >= 0.6 is 15.9 Å². The number of aryl methyl sites for hydroxylation is 1. The van der Waals surface area contributed by atoms with E-state index in [1.165, 1.54) is 13.2 Å². The molecule has 0 aliphatic heterocycles. The highest BCUT2D eigenvalue weighted by atomic mass is 79.9. The summed E-state index contributed by atoms with van der Waals surface area (Å²) >= 11 is 3.44. The Bertz CT molecular complexity index is 575. The van der Waals surface area contributed by atoms with Crippen molar-refractivity contribution in [2.75, 3.05) is 12.4 Å². The molecule has 2 rings (SSSR count). The topological polar surface area (TPSA) is 34.1 Å². The van der Waals surface area contributed by atoms with E-state index in [-0.39, 0.29) is 5.75 Å². The molecule has 0 saturated carbocycles. The van der Waals surface area contributed by atoms with E-state index < -0.39 is 5.82 Å². The summed E-state index contributed by atoms with van der Waals surface area (Å²) in [6, 6.07) is 6.57. The Morgan fingerprint density at radius 2 is 2.11 bits per heavy atom. The van der Waals surface area contributed by atoms with Gasteiger partial charge in [0.1, 0.15) is 5.82 Å². The molecule has 0 spiro atoms. The lowest BCUT2D eigenvalue weighted by atomic mass is 10.2. The predicted molar refractivity (Wildman–Crippen MR) is 72.9 cm³/mol. The van der Waals surface area contributed by atoms with Crippen molar-refractivity contribution in [3.63, 3.8) is 0 Å². The number of aromatic nitrogens is 1. The predicted octanol–water partition coefficient (Wildman–Crippen LogP) is 4.04. The molecule has 1 aromatic heterocycles. The number of nitrogens with one attached hydrogen (secondary N) is 1. The lowest BCUT2D eigenvalue weighted by Crippen LogP contribution is -1.97. The van der Waals surface area contributed by atoms with Crippen LogP contribution in [0.15, 0.2) is 34.9 Å². The van der Waals surface area contributed by atoms with Crippen LogP contribution in [0.2, 0.25) is 0 Å². The van der Waals surface area contributed by atoms with E-state index in [1.807, 2.05) is 13.0 Å². The van der Waals surface area contributed by atoms with Crippen LogP contribution in [0.25, 0.3) is 0 Å². The molecule has 0 saturated heterocycles. The maximum atomic E-state index is 13.5. The van der Waals surface area contributed by atoms with E-state index in [9.17, 15) is 4.39 Å². The second-order valence-electron chi connectivity index (χ2n) is 3.76. The van der Waals surface area contributed by atoms with Gasteiger partial charge in [-0.15, -0.1) is 0 Å². The maximum absolute atomic E-state index is 13.5. The Kier molecular flexibility index (Phi) is 3.81. The number of rotatable bonds is 3. The lowest BCUT2D eigenvalue weighted by Gasteiger charge is -2.10. The number of halogens is 2. The van der Waals surface area contributed by atoms with Crippen molar-refractivity contribution >= 4 is 27.4 Å².